The van der Waals surface area contributed by atoms with E-state index in [9.17, 15) is 14.4 Å². The highest BCUT2D eigenvalue weighted by Gasteiger charge is 2.17. The van der Waals surface area contributed by atoms with Gasteiger partial charge in [-0.05, 0) is 48.4 Å². The zero-order valence-corrected chi connectivity index (χ0v) is 16.9. The quantitative estimate of drug-likeness (QED) is 0.302. The largest absolute Gasteiger partial charge is 0.346 e. The van der Waals surface area contributed by atoms with Crippen LogP contribution in [0.15, 0.2) is 65.6 Å². The first kappa shape index (κ1) is 20.1. The van der Waals surface area contributed by atoms with Crippen LogP contribution in [0.25, 0.3) is 22.0 Å². The highest BCUT2D eigenvalue weighted by atomic mass is 16.5. The highest BCUT2D eigenvalue weighted by molar-refractivity contribution is 6.08. The molecule has 8 heteroatoms. The molecule has 4 rings (SSSR count). The minimum Gasteiger partial charge on any atom is -0.346 e. The van der Waals surface area contributed by atoms with Crippen LogP contribution in [0, 0.1) is 6.92 Å². The van der Waals surface area contributed by atoms with Gasteiger partial charge in [0.05, 0.1) is 0 Å². The van der Waals surface area contributed by atoms with Crippen molar-refractivity contribution < 1.29 is 14.8 Å². The van der Waals surface area contributed by atoms with Crippen LogP contribution < -0.4 is 16.4 Å². The van der Waals surface area contributed by atoms with Gasteiger partial charge in [-0.2, -0.15) is 0 Å². The predicted molar refractivity (Wildman–Crippen MR) is 117 cm³/mol. The summed E-state index contributed by atoms with van der Waals surface area (Å²) in [5.74, 6) is -1.07. The summed E-state index contributed by atoms with van der Waals surface area (Å²) in [7, 11) is 1.67. The normalized spacial score (nSPS) is 10.8. The first-order valence-corrected chi connectivity index (χ1v) is 9.53. The fraction of sp³-hybridized carbons (Fsp3) is 0.0870. The molecule has 0 saturated heterocycles. The number of hydroxylamine groups is 1. The molecular weight excluding hydrogens is 396 g/mol. The van der Waals surface area contributed by atoms with E-state index in [2.05, 4.69) is 10.3 Å². The number of pyridine rings is 1. The van der Waals surface area contributed by atoms with Crippen molar-refractivity contribution in [2.45, 2.75) is 6.92 Å². The van der Waals surface area contributed by atoms with E-state index >= 15 is 0 Å². The smallest absolute Gasteiger partial charge is 0.274 e. The molecule has 0 spiro atoms. The van der Waals surface area contributed by atoms with E-state index in [4.69, 9.17) is 5.21 Å². The SMILES string of the molecule is Cc1ccccc1-c1cn(C)c(=O)c2[nH]c(C(=O)Nc3ccc(C(=O)NO)cc3)cc12. The zero-order valence-electron chi connectivity index (χ0n) is 16.9. The summed E-state index contributed by atoms with van der Waals surface area (Å²) in [4.78, 5) is 39.8. The van der Waals surface area contributed by atoms with Crippen molar-refractivity contribution in [3.63, 3.8) is 0 Å². The number of aromatic nitrogens is 2. The summed E-state index contributed by atoms with van der Waals surface area (Å²) in [5.41, 5.74) is 5.51. The van der Waals surface area contributed by atoms with Crippen molar-refractivity contribution in [1.82, 2.24) is 15.0 Å². The fourth-order valence-electron chi connectivity index (χ4n) is 3.51. The van der Waals surface area contributed by atoms with Crippen molar-refractivity contribution >= 4 is 28.4 Å². The Kier molecular flexibility index (Phi) is 5.14. The average molecular weight is 416 g/mol. The van der Waals surface area contributed by atoms with E-state index in [1.54, 1.807) is 36.9 Å². The third-order valence-corrected chi connectivity index (χ3v) is 5.15. The van der Waals surface area contributed by atoms with E-state index in [-0.39, 0.29) is 16.8 Å². The molecular formula is C23H20N4O4. The maximum Gasteiger partial charge on any atom is 0.274 e. The maximum atomic E-state index is 12.8. The van der Waals surface area contributed by atoms with E-state index in [1.807, 2.05) is 31.2 Å². The Morgan fingerprint density at radius 1 is 1.00 bits per heavy atom. The third kappa shape index (κ3) is 3.72. The summed E-state index contributed by atoms with van der Waals surface area (Å²) in [5, 5.41) is 12.1. The van der Waals surface area contributed by atoms with Crippen LogP contribution in [0.5, 0.6) is 0 Å². The lowest BCUT2D eigenvalue weighted by atomic mass is 9.99. The van der Waals surface area contributed by atoms with Crippen LogP contribution in [-0.4, -0.2) is 26.6 Å². The summed E-state index contributed by atoms with van der Waals surface area (Å²) in [6, 6.07) is 15.5. The van der Waals surface area contributed by atoms with Gasteiger partial charge in [-0.1, -0.05) is 24.3 Å². The molecule has 156 valence electrons. The number of carbonyl (C=O) groups is 2. The Morgan fingerprint density at radius 2 is 1.71 bits per heavy atom. The number of anilines is 1. The van der Waals surface area contributed by atoms with Gasteiger partial charge in [0.2, 0.25) is 0 Å². The monoisotopic (exact) mass is 416 g/mol. The number of hydrogen-bond donors (Lipinski definition) is 4. The molecule has 4 N–H and O–H groups in total. The van der Waals surface area contributed by atoms with Gasteiger partial charge >= 0.3 is 0 Å². The molecule has 2 amide bonds. The van der Waals surface area contributed by atoms with E-state index in [0.717, 1.165) is 16.7 Å². The van der Waals surface area contributed by atoms with Crippen molar-refractivity contribution in [1.29, 1.82) is 0 Å². The molecule has 0 fully saturated rings. The summed E-state index contributed by atoms with van der Waals surface area (Å²) < 4.78 is 1.49. The summed E-state index contributed by atoms with van der Waals surface area (Å²) in [6.07, 6.45) is 1.77. The molecule has 0 bridgehead atoms. The first-order chi connectivity index (χ1) is 14.9. The minimum absolute atomic E-state index is 0.231. The molecule has 0 radical (unpaired) electrons. The molecule has 4 aromatic rings. The van der Waals surface area contributed by atoms with Crippen LogP contribution in [0.2, 0.25) is 0 Å². The second-order valence-corrected chi connectivity index (χ2v) is 7.22. The first-order valence-electron chi connectivity index (χ1n) is 9.53. The van der Waals surface area contributed by atoms with Gasteiger partial charge in [0.1, 0.15) is 11.2 Å². The predicted octanol–water partition coefficient (Wildman–Crippen LogP) is 3.21. The molecule has 0 aliphatic carbocycles. The number of carbonyl (C=O) groups excluding carboxylic acids is 2. The van der Waals surface area contributed by atoms with Gasteiger partial charge in [-0.3, -0.25) is 19.6 Å². The number of aromatic amines is 1. The molecule has 0 atom stereocenters. The van der Waals surface area contributed by atoms with Gasteiger partial charge in [0.15, 0.2) is 0 Å². The van der Waals surface area contributed by atoms with Crippen molar-refractivity contribution in [3.05, 3.63) is 88.0 Å². The molecule has 2 heterocycles. The summed E-state index contributed by atoms with van der Waals surface area (Å²) in [6.45, 7) is 1.99. The molecule has 8 nitrogen and oxygen atoms in total. The summed E-state index contributed by atoms with van der Waals surface area (Å²) >= 11 is 0. The van der Waals surface area contributed by atoms with Crippen LogP contribution >= 0.6 is 0 Å². The Labute approximate surface area is 177 Å². The molecule has 2 aromatic carbocycles. The van der Waals surface area contributed by atoms with E-state index in [0.29, 0.717) is 16.6 Å². The Hall–Kier alpha value is -4.17. The molecule has 0 unspecified atom stereocenters. The van der Waals surface area contributed by atoms with E-state index in [1.165, 1.54) is 16.7 Å². The van der Waals surface area contributed by atoms with Crippen molar-refractivity contribution in [2.24, 2.45) is 7.05 Å². The Balaban J connectivity index is 1.72. The molecule has 2 aromatic heterocycles. The van der Waals surface area contributed by atoms with Gasteiger partial charge in [-0.15, -0.1) is 0 Å². The van der Waals surface area contributed by atoms with Gasteiger partial charge < -0.3 is 14.9 Å². The van der Waals surface area contributed by atoms with E-state index < -0.39 is 11.8 Å². The van der Waals surface area contributed by atoms with Gasteiger partial charge in [-0.25, -0.2) is 5.48 Å². The number of amides is 2. The topological polar surface area (TPSA) is 116 Å². The number of rotatable bonds is 4. The molecule has 0 saturated carbocycles. The number of H-pyrrole nitrogens is 1. The van der Waals surface area contributed by atoms with Crippen LogP contribution in [0.1, 0.15) is 26.4 Å². The number of benzene rings is 2. The molecule has 31 heavy (non-hydrogen) atoms. The lowest BCUT2D eigenvalue weighted by molar-refractivity contribution is 0.0706. The Morgan fingerprint density at radius 3 is 2.39 bits per heavy atom. The van der Waals surface area contributed by atoms with Crippen LogP contribution in [0.3, 0.4) is 0 Å². The van der Waals surface area contributed by atoms with Crippen LogP contribution in [-0.2, 0) is 7.05 Å². The van der Waals surface area contributed by atoms with Gasteiger partial charge in [0, 0.05) is 35.4 Å². The number of nitrogens with zero attached hydrogens (tertiary/aromatic N) is 1. The molecule has 0 aliphatic heterocycles. The zero-order chi connectivity index (χ0) is 22.1. The second-order valence-electron chi connectivity index (χ2n) is 7.22. The highest BCUT2D eigenvalue weighted by Crippen LogP contribution is 2.30. The number of nitrogens with one attached hydrogen (secondary N) is 3. The standard InChI is InChI=1S/C23H20N4O4/c1-13-5-3-4-6-16(13)18-12-27(2)23(30)20-17(18)11-19(25-20)22(29)24-15-9-7-14(8-10-15)21(28)26-31/h3-12,25,31H,1-2H3,(H,24,29)(H,26,28). The van der Waals surface area contributed by atoms with Gasteiger partial charge in [0.25, 0.3) is 17.4 Å². The maximum absolute atomic E-state index is 12.8. The Bertz CT molecular complexity index is 1370. The fourth-order valence-corrected chi connectivity index (χ4v) is 3.51. The lowest BCUT2D eigenvalue weighted by Gasteiger charge is -2.09. The van der Waals surface area contributed by atoms with Crippen molar-refractivity contribution in [3.8, 4) is 11.1 Å². The second kappa shape index (κ2) is 7.92. The number of aryl methyl sites for hydroxylation is 2. The van der Waals surface area contributed by atoms with Crippen molar-refractivity contribution in [2.75, 3.05) is 5.32 Å². The molecule has 0 aliphatic rings. The van der Waals surface area contributed by atoms with Crippen LogP contribution in [0.4, 0.5) is 5.69 Å². The lowest BCUT2D eigenvalue weighted by Crippen LogP contribution is -2.18. The number of fused-ring (bicyclic) bond motifs is 1. The average Bonchev–Trinajstić information content (AvgIpc) is 3.23. The third-order valence-electron chi connectivity index (χ3n) is 5.15. The number of hydrogen-bond acceptors (Lipinski definition) is 4. The minimum atomic E-state index is -0.645.